The molecule has 1 aromatic carbocycles. The molecule has 0 saturated heterocycles. The zero-order valence-electron chi connectivity index (χ0n) is 12.6. The summed E-state index contributed by atoms with van der Waals surface area (Å²) in [6, 6.07) is 4.54. The summed E-state index contributed by atoms with van der Waals surface area (Å²) in [5, 5.41) is 11.6. The number of aryl methyl sites for hydroxylation is 1. The summed E-state index contributed by atoms with van der Waals surface area (Å²) in [5.74, 6) is -0.990. The molecule has 0 spiro atoms. The molecule has 1 amide bonds. The van der Waals surface area contributed by atoms with Crippen LogP contribution in [0.1, 0.15) is 26.3 Å². The molecule has 6 heteroatoms. The van der Waals surface area contributed by atoms with Crippen molar-refractivity contribution in [1.29, 1.82) is 0 Å². The lowest BCUT2D eigenvalue weighted by Crippen LogP contribution is -2.50. The van der Waals surface area contributed by atoms with Gasteiger partial charge in [-0.2, -0.15) is 0 Å². The van der Waals surface area contributed by atoms with Gasteiger partial charge in [0.15, 0.2) is 6.61 Å². The number of amides is 1. The SMILES string of the molecule is Cc1ccc(OCC(=O)N[C@H](C(=O)O)C(C)(C)C)c(Br)c1. The van der Waals surface area contributed by atoms with Gasteiger partial charge in [-0.3, -0.25) is 4.79 Å². The Balaban J connectivity index is 2.63. The van der Waals surface area contributed by atoms with Crippen molar-refractivity contribution in [2.24, 2.45) is 5.41 Å². The van der Waals surface area contributed by atoms with Crippen molar-refractivity contribution in [3.05, 3.63) is 28.2 Å². The summed E-state index contributed by atoms with van der Waals surface area (Å²) in [6.45, 7) is 6.97. The van der Waals surface area contributed by atoms with E-state index in [1.54, 1.807) is 26.8 Å². The minimum atomic E-state index is -1.06. The van der Waals surface area contributed by atoms with Crippen molar-refractivity contribution >= 4 is 27.8 Å². The Kier molecular flexibility index (Phi) is 5.78. The van der Waals surface area contributed by atoms with Crippen LogP contribution in [0.2, 0.25) is 0 Å². The molecular formula is C15H20BrNO4. The first-order valence-electron chi connectivity index (χ1n) is 6.52. The van der Waals surface area contributed by atoms with Crippen LogP contribution in [0.4, 0.5) is 0 Å². The highest BCUT2D eigenvalue weighted by Crippen LogP contribution is 2.25. The zero-order valence-corrected chi connectivity index (χ0v) is 14.2. The number of aliphatic carboxylic acids is 1. The number of ether oxygens (including phenoxy) is 1. The van der Waals surface area contributed by atoms with Gasteiger partial charge in [0.2, 0.25) is 0 Å². The molecule has 0 aliphatic heterocycles. The monoisotopic (exact) mass is 357 g/mol. The van der Waals surface area contributed by atoms with Gasteiger partial charge in [-0.1, -0.05) is 26.8 Å². The van der Waals surface area contributed by atoms with Crippen molar-refractivity contribution in [3.63, 3.8) is 0 Å². The molecule has 21 heavy (non-hydrogen) atoms. The molecule has 0 unspecified atom stereocenters. The van der Waals surface area contributed by atoms with E-state index >= 15 is 0 Å². The van der Waals surface area contributed by atoms with Crippen LogP contribution in [0.5, 0.6) is 5.75 Å². The minimum Gasteiger partial charge on any atom is -0.483 e. The molecule has 116 valence electrons. The summed E-state index contributed by atoms with van der Waals surface area (Å²) < 4.78 is 6.15. The topological polar surface area (TPSA) is 75.6 Å². The van der Waals surface area contributed by atoms with Gasteiger partial charge in [0, 0.05) is 0 Å². The molecule has 0 radical (unpaired) electrons. The van der Waals surface area contributed by atoms with Crippen LogP contribution >= 0.6 is 15.9 Å². The lowest BCUT2D eigenvalue weighted by Gasteiger charge is -2.27. The standard InChI is InChI=1S/C15H20BrNO4/c1-9-5-6-11(10(16)7-9)21-8-12(18)17-13(14(19)20)15(2,3)4/h5-7,13H,8H2,1-4H3,(H,17,18)(H,19,20)/t13-/m1/s1. The van der Waals surface area contributed by atoms with E-state index in [0.717, 1.165) is 10.0 Å². The molecule has 0 fully saturated rings. The first-order valence-corrected chi connectivity index (χ1v) is 7.31. The highest BCUT2D eigenvalue weighted by molar-refractivity contribution is 9.10. The van der Waals surface area contributed by atoms with Gasteiger partial charge >= 0.3 is 5.97 Å². The number of rotatable bonds is 5. The van der Waals surface area contributed by atoms with E-state index in [0.29, 0.717) is 5.75 Å². The number of hydrogen-bond acceptors (Lipinski definition) is 3. The number of carbonyl (C=O) groups is 2. The number of hydrogen-bond donors (Lipinski definition) is 2. The van der Waals surface area contributed by atoms with Gasteiger partial charge in [-0.05, 0) is 46.0 Å². The van der Waals surface area contributed by atoms with Crippen molar-refractivity contribution in [1.82, 2.24) is 5.32 Å². The van der Waals surface area contributed by atoms with Crippen LogP contribution in [0.25, 0.3) is 0 Å². The third-order valence-corrected chi connectivity index (χ3v) is 3.48. The van der Waals surface area contributed by atoms with E-state index in [1.165, 1.54) is 0 Å². The van der Waals surface area contributed by atoms with Crippen LogP contribution in [0.15, 0.2) is 22.7 Å². The number of halogens is 1. The number of benzene rings is 1. The fourth-order valence-electron chi connectivity index (χ4n) is 1.72. The van der Waals surface area contributed by atoms with E-state index in [9.17, 15) is 9.59 Å². The van der Waals surface area contributed by atoms with Gasteiger partial charge in [-0.15, -0.1) is 0 Å². The quantitative estimate of drug-likeness (QED) is 0.849. The molecule has 1 atom stereocenters. The average Bonchev–Trinajstić information content (AvgIpc) is 2.33. The van der Waals surface area contributed by atoms with E-state index < -0.39 is 23.3 Å². The van der Waals surface area contributed by atoms with Crippen molar-refractivity contribution in [2.45, 2.75) is 33.7 Å². The van der Waals surface area contributed by atoms with Gasteiger partial charge < -0.3 is 15.2 Å². The first kappa shape index (κ1) is 17.5. The predicted molar refractivity (Wildman–Crippen MR) is 83.4 cm³/mol. The molecule has 0 aliphatic carbocycles. The molecular weight excluding hydrogens is 338 g/mol. The Morgan fingerprint density at radius 1 is 1.38 bits per heavy atom. The van der Waals surface area contributed by atoms with Crippen molar-refractivity contribution < 1.29 is 19.4 Å². The summed E-state index contributed by atoms with van der Waals surface area (Å²) in [6.07, 6.45) is 0. The third-order valence-electron chi connectivity index (χ3n) is 2.86. The number of carboxylic acids is 1. The minimum absolute atomic E-state index is 0.235. The highest BCUT2D eigenvalue weighted by atomic mass is 79.9. The first-order chi connectivity index (χ1) is 9.61. The number of carboxylic acid groups (broad SMARTS) is 1. The predicted octanol–water partition coefficient (Wildman–Crippen LogP) is 2.75. The van der Waals surface area contributed by atoms with E-state index in [1.807, 2.05) is 19.1 Å². The maximum Gasteiger partial charge on any atom is 0.326 e. The highest BCUT2D eigenvalue weighted by Gasteiger charge is 2.32. The van der Waals surface area contributed by atoms with Gasteiger partial charge in [-0.25, -0.2) is 4.79 Å². The van der Waals surface area contributed by atoms with Gasteiger partial charge in [0.1, 0.15) is 11.8 Å². The largest absolute Gasteiger partial charge is 0.483 e. The summed E-state index contributed by atoms with van der Waals surface area (Å²) in [4.78, 5) is 23.0. The van der Waals surface area contributed by atoms with Crippen molar-refractivity contribution in [2.75, 3.05) is 6.61 Å². The Labute approximate surface area is 132 Å². The maximum atomic E-state index is 11.8. The molecule has 0 aliphatic rings. The molecule has 0 bridgehead atoms. The molecule has 0 heterocycles. The number of carbonyl (C=O) groups excluding carboxylic acids is 1. The second kappa shape index (κ2) is 6.93. The van der Waals surface area contributed by atoms with Crippen LogP contribution in [-0.2, 0) is 9.59 Å². The smallest absolute Gasteiger partial charge is 0.326 e. The van der Waals surface area contributed by atoms with Gasteiger partial charge in [0.25, 0.3) is 5.91 Å². The van der Waals surface area contributed by atoms with Crippen LogP contribution in [0.3, 0.4) is 0 Å². The summed E-state index contributed by atoms with van der Waals surface area (Å²) >= 11 is 3.35. The molecule has 5 nitrogen and oxygen atoms in total. The Morgan fingerprint density at radius 2 is 2.00 bits per heavy atom. The molecule has 2 N–H and O–H groups in total. The Hall–Kier alpha value is -1.56. The van der Waals surface area contributed by atoms with Crippen molar-refractivity contribution in [3.8, 4) is 5.75 Å². The van der Waals surface area contributed by atoms with E-state index in [2.05, 4.69) is 21.2 Å². The molecule has 0 saturated carbocycles. The molecule has 0 aromatic heterocycles. The fraction of sp³-hybridized carbons (Fsp3) is 0.467. The lowest BCUT2D eigenvalue weighted by molar-refractivity contribution is -0.145. The Morgan fingerprint density at radius 3 is 2.48 bits per heavy atom. The molecule has 1 rings (SSSR count). The molecule has 1 aromatic rings. The second-order valence-corrected chi connectivity index (χ2v) is 6.78. The van der Waals surface area contributed by atoms with E-state index in [4.69, 9.17) is 9.84 Å². The van der Waals surface area contributed by atoms with Crippen LogP contribution in [0, 0.1) is 12.3 Å². The third kappa shape index (κ3) is 5.38. The normalized spacial score (nSPS) is 12.6. The fourth-order valence-corrected chi connectivity index (χ4v) is 2.33. The summed E-state index contributed by atoms with van der Waals surface area (Å²) in [5.41, 5.74) is 0.490. The maximum absolute atomic E-state index is 11.8. The summed E-state index contributed by atoms with van der Waals surface area (Å²) in [7, 11) is 0. The zero-order chi connectivity index (χ0) is 16.2. The van der Waals surface area contributed by atoms with Crippen LogP contribution < -0.4 is 10.1 Å². The lowest BCUT2D eigenvalue weighted by atomic mass is 9.87. The Bertz CT molecular complexity index is 537. The van der Waals surface area contributed by atoms with E-state index in [-0.39, 0.29) is 6.61 Å². The second-order valence-electron chi connectivity index (χ2n) is 5.93. The van der Waals surface area contributed by atoms with Gasteiger partial charge in [0.05, 0.1) is 4.47 Å². The van der Waals surface area contributed by atoms with Crippen LogP contribution in [-0.4, -0.2) is 29.6 Å². The average molecular weight is 358 g/mol. The number of nitrogens with one attached hydrogen (secondary N) is 1.